The maximum atomic E-state index is 13.0. The fourth-order valence-electron chi connectivity index (χ4n) is 4.24. The van der Waals surface area contributed by atoms with Gasteiger partial charge in [0.15, 0.2) is 5.76 Å². The van der Waals surface area contributed by atoms with Gasteiger partial charge in [0, 0.05) is 38.9 Å². The summed E-state index contributed by atoms with van der Waals surface area (Å²) in [5, 5.41) is 10.6. The summed E-state index contributed by atoms with van der Waals surface area (Å²) in [4.78, 5) is 21.9. The second-order valence-electron chi connectivity index (χ2n) is 8.19. The summed E-state index contributed by atoms with van der Waals surface area (Å²) in [7, 11) is 0. The van der Waals surface area contributed by atoms with E-state index in [9.17, 15) is 9.90 Å². The van der Waals surface area contributed by atoms with E-state index >= 15 is 0 Å². The molecule has 32 heavy (non-hydrogen) atoms. The van der Waals surface area contributed by atoms with Gasteiger partial charge in [-0.15, -0.1) is 0 Å². The van der Waals surface area contributed by atoms with Crippen LogP contribution in [-0.2, 0) is 6.54 Å². The number of hydrogen-bond acceptors (Lipinski definition) is 6. The Balaban J connectivity index is 1.35. The molecule has 2 aliphatic heterocycles. The Bertz CT molecular complexity index is 1180. The minimum absolute atomic E-state index is 0.149. The van der Waals surface area contributed by atoms with Crippen molar-refractivity contribution in [1.82, 2.24) is 9.88 Å². The van der Waals surface area contributed by atoms with Gasteiger partial charge in [0.25, 0.3) is 0 Å². The Morgan fingerprint density at radius 2 is 1.81 bits per heavy atom. The third kappa shape index (κ3) is 3.85. The lowest BCUT2D eigenvalue weighted by Crippen LogP contribution is -2.46. The standard InChI is InChI=1S/C26H25N3O3/c1-18-6-2-3-7-19(18)16-23-25(31)20-9-10-22(30)21(26(20)32-23)17-28-12-14-29(15-13-28)24-8-4-5-11-27-24/h2-11,16,30H,12-15,17H2,1H3/b23-16-. The van der Waals surface area contributed by atoms with Crippen LogP contribution < -0.4 is 9.64 Å². The van der Waals surface area contributed by atoms with Crippen molar-refractivity contribution in [2.75, 3.05) is 31.1 Å². The zero-order chi connectivity index (χ0) is 22.1. The van der Waals surface area contributed by atoms with Crippen LogP contribution in [0.3, 0.4) is 0 Å². The molecule has 0 radical (unpaired) electrons. The summed E-state index contributed by atoms with van der Waals surface area (Å²) in [5.41, 5.74) is 3.18. The molecule has 162 valence electrons. The normalized spacial score (nSPS) is 17.5. The third-order valence-electron chi connectivity index (χ3n) is 6.12. The number of ketones is 1. The minimum atomic E-state index is -0.149. The predicted molar refractivity (Wildman–Crippen MR) is 124 cm³/mol. The monoisotopic (exact) mass is 427 g/mol. The first-order chi connectivity index (χ1) is 15.6. The molecule has 3 aromatic rings. The number of aromatic nitrogens is 1. The lowest BCUT2D eigenvalue weighted by molar-refractivity contribution is 0.101. The van der Waals surface area contributed by atoms with E-state index in [-0.39, 0.29) is 11.5 Å². The quantitative estimate of drug-likeness (QED) is 0.634. The molecule has 0 amide bonds. The van der Waals surface area contributed by atoms with E-state index in [0.717, 1.165) is 43.1 Å². The summed E-state index contributed by atoms with van der Waals surface area (Å²) >= 11 is 0. The highest BCUT2D eigenvalue weighted by molar-refractivity contribution is 6.15. The average molecular weight is 428 g/mol. The topological polar surface area (TPSA) is 65.9 Å². The molecule has 0 aliphatic carbocycles. The molecule has 0 spiro atoms. The van der Waals surface area contributed by atoms with Gasteiger partial charge in [0.1, 0.15) is 17.3 Å². The second-order valence-corrected chi connectivity index (χ2v) is 8.19. The van der Waals surface area contributed by atoms with Gasteiger partial charge in [-0.05, 0) is 48.4 Å². The fourth-order valence-corrected chi connectivity index (χ4v) is 4.24. The van der Waals surface area contributed by atoms with Crippen LogP contribution in [0.5, 0.6) is 11.5 Å². The SMILES string of the molecule is Cc1ccccc1/C=C1\Oc2c(ccc(O)c2CN2CCN(c3ccccn3)CC2)C1=O. The first-order valence-corrected chi connectivity index (χ1v) is 10.8. The Morgan fingerprint density at radius 3 is 2.56 bits per heavy atom. The molecular formula is C26H25N3O3. The number of allylic oxidation sites excluding steroid dienone is 1. The fraction of sp³-hybridized carbons (Fsp3) is 0.231. The Kier molecular flexibility index (Phi) is 5.37. The summed E-state index contributed by atoms with van der Waals surface area (Å²) in [5.74, 6) is 1.75. The number of piperazine rings is 1. The van der Waals surface area contributed by atoms with E-state index in [1.54, 1.807) is 18.2 Å². The number of anilines is 1. The van der Waals surface area contributed by atoms with Crippen LogP contribution in [-0.4, -0.2) is 47.0 Å². The largest absolute Gasteiger partial charge is 0.507 e. The number of fused-ring (bicyclic) bond motifs is 1. The molecule has 2 aromatic carbocycles. The first-order valence-electron chi connectivity index (χ1n) is 10.8. The second kappa shape index (κ2) is 8.48. The van der Waals surface area contributed by atoms with Gasteiger partial charge in [0.05, 0.1) is 11.1 Å². The van der Waals surface area contributed by atoms with E-state index in [0.29, 0.717) is 29.2 Å². The molecule has 0 saturated carbocycles. The number of hydrogen-bond donors (Lipinski definition) is 1. The van der Waals surface area contributed by atoms with Gasteiger partial charge >= 0.3 is 0 Å². The molecule has 0 atom stereocenters. The zero-order valence-corrected chi connectivity index (χ0v) is 18.0. The molecule has 0 unspecified atom stereocenters. The van der Waals surface area contributed by atoms with Crippen molar-refractivity contribution in [2.45, 2.75) is 13.5 Å². The highest BCUT2D eigenvalue weighted by atomic mass is 16.5. The van der Waals surface area contributed by atoms with Crippen LogP contribution in [0.25, 0.3) is 6.08 Å². The molecule has 1 aromatic heterocycles. The van der Waals surface area contributed by atoms with Crippen LogP contribution in [0, 0.1) is 6.92 Å². The summed E-state index contributed by atoms with van der Waals surface area (Å²) in [6.07, 6.45) is 3.59. The predicted octanol–water partition coefficient (Wildman–Crippen LogP) is 4.03. The van der Waals surface area contributed by atoms with E-state index in [1.165, 1.54) is 0 Å². The number of benzene rings is 2. The van der Waals surface area contributed by atoms with Crippen molar-refractivity contribution in [2.24, 2.45) is 0 Å². The first kappa shape index (κ1) is 20.3. The van der Waals surface area contributed by atoms with Crippen LogP contribution in [0.2, 0.25) is 0 Å². The Morgan fingerprint density at radius 1 is 1.03 bits per heavy atom. The van der Waals surface area contributed by atoms with Gasteiger partial charge in [-0.2, -0.15) is 0 Å². The molecule has 2 aliphatic rings. The third-order valence-corrected chi connectivity index (χ3v) is 6.12. The number of pyridine rings is 1. The van der Waals surface area contributed by atoms with Crippen LogP contribution in [0.15, 0.2) is 66.6 Å². The summed E-state index contributed by atoms with van der Waals surface area (Å²) in [6.45, 7) is 5.89. The van der Waals surface area contributed by atoms with Crippen molar-refractivity contribution in [1.29, 1.82) is 0 Å². The molecule has 1 N–H and O–H groups in total. The number of phenolic OH excluding ortho intramolecular Hbond substituents is 1. The van der Waals surface area contributed by atoms with Crippen LogP contribution in [0.4, 0.5) is 5.82 Å². The maximum Gasteiger partial charge on any atom is 0.231 e. The molecule has 6 nitrogen and oxygen atoms in total. The van der Waals surface area contributed by atoms with Crippen molar-refractivity contribution in [3.05, 3.63) is 88.8 Å². The van der Waals surface area contributed by atoms with Gasteiger partial charge in [-0.3, -0.25) is 9.69 Å². The molecule has 3 heterocycles. The van der Waals surface area contributed by atoms with E-state index in [2.05, 4.69) is 14.8 Å². The van der Waals surface area contributed by atoms with Crippen LogP contribution >= 0.6 is 0 Å². The smallest absolute Gasteiger partial charge is 0.231 e. The lowest BCUT2D eigenvalue weighted by Gasteiger charge is -2.35. The van der Waals surface area contributed by atoms with Gasteiger partial charge in [0.2, 0.25) is 5.78 Å². The number of carbonyl (C=O) groups excluding carboxylic acids is 1. The number of aryl methyl sites for hydroxylation is 1. The number of Topliss-reactive ketones (excluding diaryl/α,β-unsaturated/α-hetero) is 1. The lowest BCUT2D eigenvalue weighted by atomic mass is 10.0. The van der Waals surface area contributed by atoms with Gasteiger partial charge in [-0.1, -0.05) is 30.3 Å². The van der Waals surface area contributed by atoms with Crippen molar-refractivity contribution < 1.29 is 14.6 Å². The van der Waals surface area contributed by atoms with Crippen molar-refractivity contribution in [3.8, 4) is 11.5 Å². The number of rotatable bonds is 4. The average Bonchev–Trinajstić information content (AvgIpc) is 3.14. The van der Waals surface area contributed by atoms with Crippen LogP contribution in [0.1, 0.15) is 27.0 Å². The molecule has 5 rings (SSSR count). The maximum absolute atomic E-state index is 13.0. The summed E-state index contributed by atoms with van der Waals surface area (Å²) in [6, 6.07) is 17.0. The number of carbonyl (C=O) groups is 1. The molecule has 1 fully saturated rings. The Labute approximate surface area is 187 Å². The van der Waals surface area contributed by atoms with Crippen molar-refractivity contribution in [3.63, 3.8) is 0 Å². The molecular weight excluding hydrogens is 402 g/mol. The number of nitrogens with zero attached hydrogens (tertiary/aromatic N) is 3. The number of ether oxygens (including phenoxy) is 1. The van der Waals surface area contributed by atoms with Gasteiger partial charge in [-0.25, -0.2) is 4.98 Å². The number of phenols is 1. The van der Waals surface area contributed by atoms with Gasteiger partial charge < -0.3 is 14.7 Å². The molecule has 1 saturated heterocycles. The van der Waals surface area contributed by atoms with E-state index < -0.39 is 0 Å². The molecule has 6 heteroatoms. The summed E-state index contributed by atoms with van der Waals surface area (Å²) < 4.78 is 6.03. The highest BCUT2D eigenvalue weighted by Gasteiger charge is 2.32. The Hall–Kier alpha value is -3.64. The minimum Gasteiger partial charge on any atom is -0.507 e. The van der Waals surface area contributed by atoms with E-state index in [4.69, 9.17) is 4.74 Å². The number of aromatic hydroxyl groups is 1. The van der Waals surface area contributed by atoms with E-state index in [1.807, 2.05) is 55.6 Å². The van der Waals surface area contributed by atoms with Crippen molar-refractivity contribution >= 4 is 17.7 Å². The molecule has 0 bridgehead atoms. The highest BCUT2D eigenvalue weighted by Crippen LogP contribution is 2.40. The zero-order valence-electron chi connectivity index (χ0n) is 18.0.